The summed E-state index contributed by atoms with van der Waals surface area (Å²) in [5.41, 5.74) is 0. The molecule has 1 fully saturated rings. The number of hydrogen-bond donors (Lipinski definition) is 0. The van der Waals surface area contributed by atoms with Gasteiger partial charge in [-0.1, -0.05) is 26.7 Å². The molecular weight excluding hydrogens is 337 g/mol. The number of esters is 2. The van der Waals surface area contributed by atoms with E-state index in [1.54, 1.807) is 6.92 Å². The van der Waals surface area contributed by atoms with E-state index in [-0.39, 0.29) is 37.3 Å². The topological polar surface area (TPSA) is 52.6 Å². The van der Waals surface area contributed by atoms with E-state index in [0.29, 0.717) is 32.1 Å². The molecule has 146 valence electrons. The number of ether oxygens (including phenoxy) is 2. The smallest absolute Gasteiger partial charge is 0.425 e. The Hall–Kier alpha value is -1.27. The summed E-state index contributed by atoms with van der Waals surface area (Å²) in [4.78, 5) is 22.9. The Bertz CT molecular complexity index is 423. The van der Waals surface area contributed by atoms with Crippen molar-refractivity contribution in [3.63, 3.8) is 0 Å². The number of carbonyl (C=O) groups is 2. The monoisotopic (exact) mass is 366 g/mol. The third kappa shape index (κ3) is 8.59. The van der Waals surface area contributed by atoms with E-state index >= 15 is 0 Å². The second-order valence-electron chi connectivity index (χ2n) is 6.84. The van der Waals surface area contributed by atoms with Crippen molar-refractivity contribution < 1.29 is 32.2 Å². The minimum Gasteiger partial charge on any atom is -0.465 e. The fraction of sp³-hybridized carbons (Fsp3) is 0.889. The molecule has 1 aliphatic carbocycles. The zero-order valence-electron chi connectivity index (χ0n) is 15.1. The first-order valence-corrected chi connectivity index (χ1v) is 9.18. The standard InChI is InChI=1S/C18H29F3O4/c1-3-6-16(22)24-12-14-9-5-8-13(10-14)11-15(18(19,20)21)25-17(23)7-4-2/h13-15H,3-12H2,1-2H3. The Kier molecular flexibility index (Phi) is 9.28. The summed E-state index contributed by atoms with van der Waals surface area (Å²) in [6, 6.07) is 0. The maximum absolute atomic E-state index is 13.2. The van der Waals surface area contributed by atoms with Crippen molar-refractivity contribution in [2.75, 3.05) is 6.61 Å². The van der Waals surface area contributed by atoms with E-state index in [1.807, 2.05) is 6.92 Å². The zero-order chi connectivity index (χ0) is 18.9. The molecule has 3 atom stereocenters. The molecule has 1 saturated carbocycles. The molecule has 4 nitrogen and oxygen atoms in total. The van der Waals surface area contributed by atoms with Gasteiger partial charge in [0.25, 0.3) is 0 Å². The summed E-state index contributed by atoms with van der Waals surface area (Å²) in [5, 5.41) is 0. The molecule has 0 aromatic rings. The van der Waals surface area contributed by atoms with Crippen molar-refractivity contribution in [1.82, 2.24) is 0 Å². The SMILES string of the molecule is CCCC(=O)OCC1CCCC(CC(OC(=O)CCC)C(F)(F)F)C1. The highest BCUT2D eigenvalue weighted by Gasteiger charge is 2.44. The quantitative estimate of drug-likeness (QED) is 0.550. The van der Waals surface area contributed by atoms with Gasteiger partial charge in [-0.2, -0.15) is 13.2 Å². The average Bonchev–Trinajstić information content (AvgIpc) is 2.52. The maximum Gasteiger partial charge on any atom is 0.425 e. The maximum atomic E-state index is 13.2. The molecule has 0 N–H and O–H groups in total. The number of rotatable bonds is 9. The summed E-state index contributed by atoms with van der Waals surface area (Å²) in [5.74, 6) is -1.15. The minimum atomic E-state index is -4.55. The van der Waals surface area contributed by atoms with Gasteiger partial charge in [-0.15, -0.1) is 0 Å². The highest BCUT2D eigenvalue weighted by atomic mass is 19.4. The van der Waals surface area contributed by atoms with E-state index in [1.165, 1.54) is 0 Å². The van der Waals surface area contributed by atoms with E-state index in [9.17, 15) is 22.8 Å². The van der Waals surface area contributed by atoms with Crippen LogP contribution in [-0.2, 0) is 19.1 Å². The molecule has 0 radical (unpaired) electrons. The lowest BCUT2D eigenvalue weighted by Crippen LogP contribution is -2.36. The lowest BCUT2D eigenvalue weighted by molar-refractivity contribution is -0.225. The summed E-state index contributed by atoms with van der Waals surface area (Å²) < 4.78 is 49.4. The molecule has 7 heteroatoms. The largest absolute Gasteiger partial charge is 0.465 e. The third-order valence-corrected chi connectivity index (χ3v) is 4.47. The summed E-state index contributed by atoms with van der Waals surface area (Å²) in [6.45, 7) is 3.87. The van der Waals surface area contributed by atoms with Crippen LogP contribution in [0.1, 0.15) is 71.6 Å². The van der Waals surface area contributed by atoms with Crippen LogP contribution in [0.15, 0.2) is 0 Å². The summed E-state index contributed by atoms with van der Waals surface area (Å²) in [6.07, 6.45) is -2.39. The van der Waals surface area contributed by atoms with Gasteiger partial charge >= 0.3 is 18.1 Å². The Balaban J connectivity index is 2.53. The number of carbonyl (C=O) groups excluding carboxylic acids is 2. The van der Waals surface area contributed by atoms with Crippen molar-refractivity contribution in [2.45, 2.75) is 83.9 Å². The van der Waals surface area contributed by atoms with Gasteiger partial charge < -0.3 is 9.47 Å². The Labute approximate surface area is 147 Å². The first-order valence-electron chi connectivity index (χ1n) is 9.18. The molecule has 1 rings (SSSR count). The lowest BCUT2D eigenvalue weighted by Gasteiger charge is -2.31. The molecule has 1 aliphatic rings. The van der Waals surface area contributed by atoms with E-state index in [2.05, 4.69) is 4.74 Å². The van der Waals surface area contributed by atoms with E-state index in [0.717, 1.165) is 12.8 Å². The van der Waals surface area contributed by atoms with Gasteiger partial charge in [-0.3, -0.25) is 9.59 Å². The first-order chi connectivity index (χ1) is 11.8. The summed E-state index contributed by atoms with van der Waals surface area (Å²) >= 11 is 0. The number of alkyl halides is 3. The number of hydrogen-bond acceptors (Lipinski definition) is 4. The van der Waals surface area contributed by atoms with Crippen LogP contribution < -0.4 is 0 Å². The number of halogens is 3. The predicted octanol–water partition coefficient (Wildman–Crippen LogP) is 4.80. The van der Waals surface area contributed by atoms with Crippen LogP contribution >= 0.6 is 0 Å². The highest BCUT2D eigenvalue weighted by molar-refractivity contribution is 5.69. The molecule has 3 unspecified atom stereocenters. The molecule has 0 aromatic heterocycles. The van der Waals surface area contributed by atoms with Crippen molar-refractivity contribution in [2.24, 2.45) is 11.8 Å². The normalized spacial score (nSPS) is 22.3. The first kappa shape index (κ1) is 21.8. The Morgan fingerprint density at radius 1 is 1.04 bits per heavy atom. The fourth-order valence-corrected chi connectivity index (χ4v) is 3.23. The van der Waals surface area contributed by atoms with Crippen LogP contribution in [0.3, 0.4) is 0 Å². The molecule has 0 bridgehead atoms. The molecule has 0 amide bonds. The van der Waals surface area contributed by atoms with Gasteiger partial charge in [0.05, 0.1) is 6.61 Å². The van der Waals surface area contributed by atoms with Gasteiger partial charge in [0.2, 0.25) is 0 Å². The average molecular weight is 366 g/mol. The zero-order valence-corrected chi connectivity index (χ0v) is 15.1. The molecule has 0 aromatic carbocycles. The molecule has 0 heterocycles. The molecule has 0 spiro atoms. The summed E-state index contributed by atoms with van der Waals surface area (Å²) in [7, 11) is 0. The van der Waals surface area contributed by atoms with Crippen molar-refractivity contribution in [3.8, 4) is 0 Å². The molecule has 0 aliphatic heterocycles. The van der Waals surface area contributed by atoms with Gasteiger partial charge in [0.15, 0.2) is 6.10 Å². The molecule has 0 saturated heterocycles. The van der Waals surface area contributed by atoms with Gasteiger partial charge in [0.1, 0.15) is 0 Å². The third-order valence-electron chi connectivity index (χ3n) is 4.47. The van der Waals surface area contributed by atoms with Crippen LogP contribution in [-0.4, -0.2) is 30.8 Å². The van der Waals surface area contributed by atoms with Gasteiger partial charge in [-0.05, 0) is 43.9 Å². The van der Waals surface area contributed by atoms with E-state index in [4.69, 9.17) is 4.74 Å². The molecular formula is C18H29F3O4. The van der Waals surface area contributed by atoms with Gasteiger partial charge in [-0.25, -0.2) is 0 Å². The molecule has 25 heavy (non-hydrogen) atoms. The van der Waals surface area contributed by atoms with Crippen LogP contribution in [0.25, 0.3) is 0 Å². The van der Waals surface area contributed by atoms with Gasteiger partial charge in [0, 0.05) is 12.8 Å². The second kappa shape index (κ2) is 10.7. The lowest BCUT2D eigenvalue weighted by atomic mass is 9.79. The second-order valence-corrected chi connectivity index (χ2v) is 6.84. The van der Waals surface area contributed by atoms with Crippen LogP contribution in [0.2, 0.25) is 0 Å². The van der Waals surface area contributed by atoms with Crippen LogP contribution in [0.5, 0.6) is 0 Å². The van der Waals surface area contributed by atoms with Crippen molar-refractivity contribution in [3.05, 3.63) is 0 Å². The highest BCUT2D eigenvalue weighted by Crippen LogP contribution is 2.36. The minimum absolute atomic E-state index is 0.00669. The van der Waals surface area contributed by atoms with Crippen LogP contribution in [0.4, 0.5) is 13.2 Å². The van der Waals surface area contributed by atoms with Crippen LogP contribution in [0, 0.1) is 11.8 Å². The Morgan fingerprint density at radius 3 is 2.24 bits per heavy atom. The van der Waals surface area contributed by atoms with Crippen molar-refractivity contribution >= 4 is 11.9 Å². The van der Waals surface area contributed by atoms with Crippen molar-refractivity contribution in [1.29, 1.82) is 0 Å². The predicted molar refractivity (Wildman–Crippen MR) is 86.8 cm³/mol. The Morgan fingerprint density at radius 2 is 1.64 bits per heavy atom. The van der Waals surface area contributed by atoms with E-state index < -0.39 is 18.2 Å². The fourth-order valence-electron chi connectivity index (χ4n) is 3.23.